The molecule has 3 radical (unpaired) electrons. The molecule has 0 aliphatic heterocycles. The van der Waals surface area contributed by atoms with Gasteiger partial charge in [0.05, 0.1) is 0 Å². The largest absolute Gasteiger partial charge is 0.457 e. The van der Waals surface area contributed by atoms with Crippen LogP contribution in [0.4, 0.5) is 0 Å². The summed E-state index contributed by atoms with van der Waals surface area (Å²) < 4.78 is 8.95. The molecule has 0 aromatic carbocycles. The van der Waals surface area contributed by atoms with Gasteiger partial charge in [-0.3, -0.25) is 0 Å². The SMILES string of the molecule is CO[Si](O)([Si])OC. The molecule has 0 aromatic rings. The van der Waals surface area contributed by atoms with E-state index >= 15 is 0 Å². The lowest BCUT2D eigenvalue weighted by Gasteiger charge is -2.12. The quantitative estimate of drug-likeness (QED) is 0.487. The van der Waals surface area contributed by atoms with E-state index in [1.54, 1.807) is 0 Å². The standard InChI is InChI=1S/C2H7O3Si2/c1-4-7(3,6)5-2/h3H,1-2H3. The molecule has 0 spiro atoms. The van der Waals surface area contributed by atoms with Gasteiger partial charge in [0.1, 0.15) is 9.76 Å². The lowest BCUT2D eigenvalue weighted by Crippen LogP contribution is -2.41. The zero-order valence-corrected chi connectivity index (χ0v) is 6.26. The normalized spacial score (nSPS) is 12.0. The molecule has 0 amide bonds. The Hall–Kier alpha value is 0.314. The van der Waals surface area contributed by atoms with Crippen LogP contribution in [-0.4, -0.2) is 37.1 Å². The topological polar surface area (TPSA) is 38.7 Å². The maximum atomic E-state index is 8.74. The van der Waals surface area contributed by atoms with Crippen molar-refractivity contribution in [1.29, 1.82) is 0 Å². The van der Waals surface area contributed by atoms with Gasteiger partial charge in [-0.25, -0.2) is 0 Å². The van der Waals surface area contributed by atoms with E-state index in [9.17, 15) is 0 Å². The molecule has 5 heteroatoms. The average Bonchev–Trinajstić information content (AvgIpc) is 1.68. The first kappa shape index (κ1) is 7.31. The van der Waals surface area contributed by atoms with Gasteiger partial charge in [0, 0.05) is 14.2 Å². The molecule has 41 valence electrons. The average molecular weight is 135 g/mol. The van der Waals surface area contributed by atoms with Crippen molar-refractivity contribution in [2.24, 2.45) is 0 Å². The molecule has 0 aliphatic carbocycles. The summed E-state index contributed by atoms with van der Waals surface area (Å²) >= 11 is 0. The Morgan fingerprint density at radius 2 is 1.71 bits per heavy atom. The Labute approximate surface area is 46.8 Å². The molecular weight excluding hydrogens is 128 g/mol. The minimum atomic E-state index is -2.85. The number of hydrogen-bond donors (Lipinski definition) is 1. The third kappa shape index (κ3) is 2.95. The Balaban J connectivity index is 3.36. The van der Waals surface area contributed by atoms with Crippen LogP contribution in [0.25, 0.3) is 0 Å². The third-order valence-electron chi connectivity index (χ3n) is 0.553. The van der Waals surface area contributed by atoms with Gasteiger partial charge in [0.15, 0.2) is 0 Å². The van der Waals surface area contributed by atoms with Gasteiger partial charge in [-0.2, -0.15) is 0 Å². The fraction of sp³-hybridized carbons (Fsp3) is 1.00. The van der Waals surface area contributed by atoms with Crippen LogP contribution in [0.2, 0.25) is 0 Å². The van der Waals surface area contributed by atoms with Crippen LogP contribution < -0.4 is 0 Å². The Morgan fingerprint density at radius 3 is 1.71 bits per heavy atom. The number of rotatable bonds is 2. The van der Waals surface area contributed by atoms with Crippen molar-refractivity contribution in [3.8, 4) is 0 Å². The van der Waals surface area contributed by atoms with Gasteiger partial charge in [-0.05, 0) is 0 Å². The van der Waals surface area contributed by atoms with Gasteiger partial charge < -0.3 is 13.6 Å². The van der Waals surface area contributed by atoms with Crippen molar-refractivity contribution >= 4 is 18.1 Å². The molecule has 0 saturated heterocycles. The highest BCUT2D eigenvalue weighted by Crippen LogP contribution is 1.88. The molecule has 0 fully saturated rings. The smallest absolute Gasteiger partial charge is 0.393 e. The van der Waals surface area contributed by atoms with E-state index in [1.807, 2.05) is 0 Å². The molecule has 0 saturated carbocycles. The molecule has 0 heterocycles. The van der Waals surface area contributed by atoms with Crippen LogP contribution in [0.1, 0.15) is 0 Å². The summed E-state index contributed by atoms with van der Waals surface area (Å²) in [5.41, 5.74) is 0. The first-order valence-corrected chi connectivity index (χ1v) is 4.96. The highest BCUT2D eigenvalue weighted by atomic mass is 29.2. The summed E-state index contributed by atoms with van der Waals surface area (Å²) in [5.74, 6) is 0. The monoisotopic (exact) mass is 135 g/mol. The Kier molecular flexibility index (Phi) is 2.69. The van der Waals surface area contributed by atoms with Crippen molar-refractivity contribution in [1.82, 2.24) is 0 Å². The van der Waals surface area contributed by atoms with E-state index in [1.165, 1.54) is 14.2 Å². The molecule has 0 aliphatic rings. The van der Waals surface area contributed by atoms with Crippen LogP contribution in [0.5, 0.6) is 0 Å². The Morgan fingerprint density at radius 1 is 1.43 bits per heavy atom. The van der Waals surface area contributed by atoms with Gasteiger partial charge in [-0.1, -0.05) is 0 Å². The predicted molar refractivity (Wildman–Crippen MR) is 27.7 cm³/mol. The second-order valence-electron chi connectivity index (χ2n) is 0.990. The van der Waals surface area contributed by atoms with Crippen LogP contribution in [0.15, 0.2) is 0 Å². The highest BCUT2D eigenvalue weighted by molar-refractivity contribution is 7.04. The van der Waals surface area contributed by atoms with Crippen LogP contribution in [-0.2, 0) is 8.85 Å². The summed E-state index contributed by atoms with van der Waals surface area (Å²) in [4.78, 5) is 8.74. The molecule has 0 rings (SSSR count). The van der Waals surface area contributed by atoms with Gasteiger partial charge in [0.25, 0.3) is 0 Å². The summed E-state index contributed by atoms with van der Waals surface area (Å²) in [6.45, 7) is 0. The second kappa shape index (κ2) is 2.58. The van der Waals surface area contributed by atoms with Crippen molar-refractivity contribution < 1.29 is 13.6 Å². The molecule has 1 N–H and O–H groups in total. The van der Waals surface area contributed by atoms with Crippen LogP contribution in [0, 0.1) is 0 Å². The maximum Gasteiger partial charge on any atom is 0.457 e. The lowest BCUT2D eigenvalue weighted by molar-refractivity contribution is 0.179. The zero-order valence-electron chi connectivity index (χ0n) is 4.26. The summed E-state index contributed by atoms with van der Waals surface area (Å²) in [5, 5.41) is 0. The summed E-state index contributed by atoms with van der Waals surface area (Å²) in [6.07, 6.45) is 0. The maximum absolute atomic E-state index is 8.74. The summed E-state index contributed by atoms with van der Waals surface area (Å²) in [7, 11) is 2.79. The van der Waals surface area contributed by atoms with E-state index in [2.05, 4.69) is 18.6 Å². The van der Waals surface area contributed by atoms with Crippen LogP contribution in [0.3, 0.4) is 0 Å². The van der Waals surface area contributed by atoms with Gasteiger partial charge in [0.2, 0.25) is 0 Å². The van der Waals surface area contributed by atoms with Gasteiger partial charge >= 0.3 is 8.32 Å². The molecule has 0 atom stereocenters. The molecule has 7 heavy (non-hydrogen) atoms. The highest BCUT2D eigenvalue weighted by Gasteiger charge is 2.24. The van der Waals surface area contributed by atoms with E-state index in [4.69, 9.17) is 4.80 Å². The fourth-order valence-corrected chi connectivity index (χ4v) is 0.250. The number of hydrogen-bond acceptors (Lipinski definition) is 3. The molecule has 0 bridgehead atoms. The third-order valence-corrected chi connectivity index (χ3v) is 2.88. The minimum absolute atomic E-state index is 1.38. The molecule has 3 nitrogen and oxygen atoms in total. The van der Waals surface area contributed by atoms with Crippen molar-refractivity contribution in [3.05, 3.63) is 0 Å². The van der Waals surface area contributed by atoms with Crippen molar-refractivity contribution in [2.45, 2.75) is 0 Å². The van der Waals surface area contributed by atoms with Crippen molar-refractivity contribution in [2.75, 3.05) is 14.2 Å². The predicted octanol–water partition coefficient (Wildman–Crippen LogP) is -1.12. The van der Waals surface area contributed by atoms with E-state index < -0.39 is 8.32 Å². The Bertz CT molecular complexity index is 48.9. The van der Waals surface area contributed by atoms with Crippen LogP contribution >= 0.6 is 0 Å². The van der Waals surface area contributed by atoms with Crippen molar-refractivity contribution in [3.63, 3.8) is 0 Å². The molecular formula is C2H7O3Si2. The van der Waals surface area contributed by atoms with E-state index in [0.29, 0.717) is 0 Å². The van der Waals surface area contributed by atoms with E-state index in [-0.39, 0.29) is 0 Å². The zero-order chi connectivity index (χ0) is 5.91. The second-order valence-corrected chi connectivity index (χ2v) is 4.87. The minimum Gasteiger partial charge on any atom is -0.393 e. The first-order chi connectivity index (χ1) is 3.12. The fourth-order valence-electron chi connectivity index (χ4n) is 0.0833. The molecule has 0 aromatic heterocycles. The summed E-state index contributed by atoms with van der Waals surface area (Å²) in [6, 6.07) is 0. The molecule has 0 unspecified atom stereocenters. The van der Waals surface area contributed by atoms with Gasteiger partial charge in [-0.15, -0.1) is 0 Å². The lowest BCUT2D eigenvalue weighted by atomic mass is 11.8. The van der Waals surface area contributed by atoms with E-state index in [0.717, 1.165) is 0 Å². The first-order valence-electron chi connectivity index (χ1n) is 1.70.